The standard InChI is InChI=1S/C22H25NO3/c24-13-16(12-15-6-5-7-15)23-22(25)26-14-21-19-10-3-1-8-17(19)18-9-2-4-11-20(18)21/h1-4,8-11,15-16,21,24H,5-7,12-14H2,(H,23,25). The quantitative estimate of drug-likeness (QED) is 0.824. The van der Waals surface area contributed by atoms with Crippen molar-refractivity contribution >= 4 is 6.09 Å². The molecule has 1 atom stereocenters. The summed E-state index contributed by atoms with van der Waals surface area (Å²) >= 11 is 0. The Labute approximate surface area is 154 Å². The molecule has 1 fully saturated rings. The second kappa shape index (κ2) is 7.50. The largest absolute Gasteiger partial charge is 0.449 e. The summed E-state index contributed by atoms with van der Waals surface area (Å²) in [7, 11) is 0. The Morgan fingerprint density at radius 2 is 1.69 bits per heavy atom. The van der Waals surface area contributed by atoms with Crippen molar-refractivity contribution in [2.45, 2.75) is 37.6 Å². The Morgan fingerprint density at radius 3 is 2.23 bits per heavy atom. The molecule has 1 amide bonds. The monoisotopic (exact) mass is 351 g/mol. The van der Waals surface area contributed by atoms with Crippen molar-refractivity contribution in [3.63, 3.8) is 0 Å². The number of aliphatic hydroxyl groups excluding tert-OH is 1. The minimum absolute atomic E-state index is 0.0410. The lowest BCUT2D eigenvalue weighted by molar-refractivity contribution is 0.125. The van der Waals surface area contributed by atoms with Gasteiger partial charge in [-0.1, -0.05) is 67.8 Å². The van der Waals surface area contributed by atoms with Gasteiger partial charge in [-0.25, -0.2) is 4.79 Å². The molecule has 0 heterocycles. The molecule has 0 aliphatic heterocycles. The first kappa shape index (κ1) is 17.1. The van der Waals surface area contributed by atoms with E-state index in [1.54, 1.807) is 0 Å². The number of aliphatic hydroxyl groups is 1. The predicted octanol–water partition coefficient (Wildman–Crippen LogP) is 4.08. The summed E-state index contributed by atoms with van der Waals surface area (Å²) in [5.41, 5.74) is 4.84. The van der Waals surface area contributed by atoms with Crippen LogP contribution in [0.5, 0.6) is 0 Å². The highest BCUT2D eigenvalue weighted by atomic mass is 16.5. The molecule has 1 unspecified atom stereocenters. The molecule has 136 valence electrons. The molecule has 0 aromatic heterocycles. The zero-order valence-corrected chi connectivity index (χ0v) is 14.9. The van der Waals surface area contributed by atoms with Gasteiger partial charge in [0.2, 0.25) is 0 Å². The van der Waals surface area contributed by atoms with Crippen LogP contribution in [0.25, 0.3) is 11.1 Å². The molecule has 0 saturated heterocycles. The molecule has 2 aromatic carbocycles. The number of ether oxygens (including phenoxy) is 1. The van der Waals surface area contributed by atoms with Crippen molar-refractivity contribution in [2.75, 3.05) is 13.2 Å². The zero-order valence-electron chi connectivity index (χ0n) is 14.9. The molecule has 2 aromatic rings. The van der Waals surface area contributed by atoms with E-state index in [1.165, 1.54) is 41.5 Å². The minimum Gasteiger partial charge on any atom is -0.449 e. The van der Waals surface area contributed by atoms with Crippen LogP contribution in [0.4, 0.5) is 4.79 Å². The number of fused-ring (bicyclic) bond motifs is 3. The van der Waals surface area contributed by atoms with Gasteiger partial charge in [-0.15, -0.1) is 0 Å². The molecule has 4 nitrogen and oxygen atoms in total. The maximum absolute atomic E-state index is 12.2. The fourth-order valence-electron chi connectivity index (χ4n) is 4.12. The van der Waals surface area contributed by atoms with Crippen LogP contribution < -0.4 is 5.32 Å². The molecule has 0 spiro atoms. The molecular formula is C22H25NO3. The van der Waals surface area contributed by atoms with E-state index >= 15 is 0 Å². The van der Waals surface area contributed by atoms with Crippen LogP contribution in [0.15, 0.2) is 48.5 Å². The highest BCUT2D eigenvalue weighted by Gasteiger charge is 2.29. The van der Waals surface area contributed by atoms with Gasteiger partial charge in [-0.3, -0.25) is 0 Å². The lowest BCUT2D eigenvalue weighted by Gasteiger charge is -2.29. The van der Waals surface area contributed by atoms with Crippen LogP contribution in [-0.4, -0.2) is 30.5 Å². The predicted molar refractivity (Wildman–Crippen MR) is 101 cm³/mol. The number of carbonyl (C=O) groups is 1. The van der Waals surface area contributed by atoms with Gasteiger partial charge in [0, 0.05) is 5.92 Å². The smallest absolute Gasteiger partial charge is 0.407 e. The van der Waals surface area contributed by atoms with Crippen molar-refractivity contribution < 1.29 is 14.6 Å². The summed E-state index contributed by atoms with van der Waals surface area (Å²) in [6.45, 7) is 0.266. The summed E-state index contributed by atoms with van der Waals surface area (Å²) in [6, 6.07) is 16.4. The van der Waals surface area contributed by atoms with E-state index in [2.05, 4.69) is 29.6 Å². The second-order valence-electron chi connectivity index (χ2n) is 7.38. The maximum atomic E-state index is 12.2. The fraction of sp³-hybridized carbons (Fsp3) is 0.409. The first-order valence-corrected chi connectivity index (χ1v) is 9.48. The molecule has 4 heteroatoms. The third kappa shape index (κ3) is 3.34. The van der Waals surface area contributed by atoms with Gasteiger partial charge in [0.1, 0.15) is 6.61 Å². The number of alkyl carbamates (subject to hydrolysis) is 1. The molecule has 2 N–H and O–H groups in total. The van der Waals surface area contributed by atoms with Gasteiger partial charge >= 0.3 is 6.09 Å². The Balaban J connectivity index is 1.40. The summed E-state index contributed by atoms with van der Waals surface area (Å²) in [5, 5.41) is 12.3. The van der Waals surface area contributed by atoms with Crippen molar-refractivity contribution in [1.82, 2.24) is 5.32 Å². The van der Waals surface area contributed by atoms with E-state index in [4.69, 9.17) is 4.74 Å². The Morgan fingerprint density at radius 1 is 1.08 bits per heavy atom. The highest BCUT2D eigenvalue weighted by Crippen LogP contribution is 2.44. The zero-order chi connectivity index (χ0) is 17.9. The van der Waals surface area contributed by atoms with Crippen LogP contribution >= 0.6 is 0 Å². The topological polar surface area (TPSA) is 58.6 Å². The van der Waals surface area contributed by atoms with Crippen LogP contribution in [0.3, 0.4) is 0 Å². The molecule has 0 bridgehead atoms. The van der Waals surface area contributed by atoms with E-state index in [0.717, 1.165) is 6.42 Å². The highest BCUT2D eigenvalue weighted by molar-refractivity contribution is 5.79. The number of hydrogen-bond donors (Lipinski definition) is 2. The SMILES string of the molecule is O=C(NC(CO)CC1CCC1)OCC1c2ccccc2-c2ccccc21. The molecule has 4 rings (SSSR count). The molecule has 2 aliphatic carbocycles. The van der Waals surface area contributed by atoms with Crippen LogP contribution in [-0.2, 0) is 4.74 Å². The molecule has 2 aliphatic rings. The van der Waals surface area contributed by atoms with E-state index < -0.39 is 6.09 Å². The summed E-state index contributed by atoms with van der Waals surface area (Å²) in [4.78, 5) is 12.2. The average Bonchev–Trinajstić information content (AvgIpc) is 2.96. The van der Waals surface area contributed by atoms with Gasteiger partial charge in [-0.05, 0) is 34.6 Å². The molecule has 26 heavy (non-hydrogen) atoms. The summed E-state index contributed by atoms with van der Waals surface area (Å²) < 4.78 is 5.54. The Kier molecular flexibility index (Phi) is 4.93. The van der Waals surface area contributed by atoms with Gasteiger partial charge in [-0.2, -0.15) is 0 Å². The van der Waals surface area contributed by atoms with Crippen molar-refractivity contribution in [2.24, 2.45) is 5.92 Å². The number of carbonyl (C=O) groups excluding carboxylic acids is 1. The normalized spacial score (nSPS) is 17.1. The van der Waals surface area contributed by atoms with Crippen LogP contribution in [0, 0.1) is 5.92 Å². The number of benzene rings is 2. The van der Waals surface area contributed by atoms with E-state index in [0.29, 0.717) is 12.5 Å². The second-order valence-corrected chi connectivity index (χ2v) is 7.38. The van der Waals surface area contributed by atoms with Crippen LogP contribution in [0.2, 0.25) is 0 Å². The molecule has 0 radical (unpaired) electrons. The van der Waals surface area contributed by atoms with Gasteiger partial charge in [0.05, 0.1) is 12.6 Å². The van der Waals surface area contributed by atoms with E-state index in [-0.39, 0.29) is 18.6 Å². The molecular weight excluding hydrogens is 326 g/mol. The lowest BCUT2D eigenvalue weighted by atomic mass is 9.81. The first-order valence-electron chi connectivity index (χ1n) is 9.48. The Bertz CT molecular complexity index is 739. The lowest BCUT2D eigenvalue weighted by Crippen LogP contribution is -2.40. The fourth-order valence-corrected chi connectivity index (χ4v) is 4.12. The molecule has 1 saturated carbocycles. The van der Waals surface area contributed by atoms with Crippen molar-refractivity contribution in [3.8, 4) is 11.1 Å². The van der Waals surface area contributed by atoms with Crippen LogP contribution in [0.1, 0.15) is 42.7 Å². The van der Waals surface area contributed by atoms with E-state index in [1.807, 2.05) is 24.3 Å². The average molecular weight is 351 g/mol. The van der Waals surface area contributed by atoms with Gasteiger partial charge in [0.25, 0.3) is 0 Å². The number of rotatable bonds is 6. The first-order chi connectivity index (χ1) is 12.8. The van der Waals surface area contributed by atoms with Gasteiger partial charge in [0.15, 0.2) is 0 Å². The van der Waals surface area contributed by atoms with E-state index in [9.17, 15) is 9.90 Å². The minimum atomic E-state index is -0.440. The Hall–Kier alpha value is -2.33. The maximum Gasteiger partial charge on any atom is 0.407 e. The number of hydrogen-bond acceptors (Lipinski definition) is 3. The number of amides is 1. The third-order valence-electron chi connectivity index (χ3n) is 5.73. The van der Waals surface area contributed by atoms with Crippen molar-refractivity contribution in [3.05, 3.63) is 59.7 Å². The summed E-state index contributed by atoms with van der Waals surface area (Å²) in [5.74, 6) is 0.688. The van der Waals surface area contributed by atoms with Gasteiger partial charge < -0.3 is 15.2 Å². The number of nitrogens with one attached hydrogen (secondary N) is 1. The van der Waals surface area contributed by atoms with Crippen molar-refractivity contribution in [1.29, 1.82) is 0 Å². The summed E-state index contributed by atoms with van der Waals surface area (Å²) in [6.07, 6.45) is 4.05. The third-order valence-corrected chi connectivity index (χ3v) is 5.73.